The Balaban J connectivity index is 1.06. The van der Waals surface area contributed by atoms with Gasteiger partial charge in [-0.2, -0.15) is 4.31 Å². The fourth-order valence-corrected chi connectivity index (χ4v) is 7.64. The number of ether oxygens (including phenoxy) is 1. The van der Waals surface area contributed by atoms with Crippen molar-refractivity contribution in [3.63, 3.8) is 0 Å². The molecule has 1 saturated carbocycles. The number of carbonyl (C=O) groups is 2. The van der Waals surface area contributed by atoms with Gasteiger partial charge in [0, 0.05) is 31.8 Å². The summed E-state index contributed by atoms with van der Waals surface area (Å²) >= 11 is 0. The van der Waals surface area contributed by atoms with Gasteiger partial charge in [-0.25, -0.2) is 18.2 Å². The van der Waals surface area contributed by atoms with Crippen molar-refractivity contribution < 1.29 is 27.9 Å². The highest BCUT2D eigenvalue weighted by Crippen LogP contribution is 2.34. The van der Waals surface area contributed by atoms with E-state index in [1.54, 1.807) is 18.2 Å². The molecule has 5 rings (SSSR count). The summed E-state index contributed by atoms with van der Waals surface area (Å²) in [7, 11) is -3.88. The molecule has 2 fully saturated rings. The van der Waals surface area contributed by atoms with Gasteiger partial charge in [0.15, 0.2) is 0 Å². The molecule has 3 N–H and O–H groups in total. The predicted octanol–water partition coefficient (Wildman–Crippen LogP) is 3.37. The number of nitrogens with one attached hydrogen (secondary N) is 2. The van der Waals surface area contributed by atoms with Crippen LogP contribution in [-0.4, -0.2) is 72.6 Å². The van der Waals surface area contributed by atoms with Gasteiger partial charge in [-0.15, -0.1) is 0 Å². The number of aromatic nitrogens is 1. The number of hydrogen-bond acceptors (Lipinski definition) is 7. The van der Waals surface area contributed by atoms with Gasteiger partial charge in [0.05, 0.1) is 11.0 Å². The zero-order valence-corrected chi connectivity index (χ0v) is 24.2. The number of anilines is 1. The van der Waals surface area contributed by atoms with Crippen molar-refractivity contribution in [1.82, 2.24) is 14.6 Å². The number of hydrogen-bond donors (Lipinski definition) is 3. The summed E-state index contributed by atoms with van der Waals surface area (Å²) in [6.45, 7) is 1.41. The third kappa shape index (κ3) is 7.25. The normalized spacial score (nSPS) is 23.5. The lowest BCUT2D eigenvalue weighted by Crippen LogP contribution is -2.55. The van der Waals surface area contributed by atoms with E-state index in [0.717, 1.165) is 56.6 Å². The number of carboxylic acid groups (broad SMARTS) is 1. The van der Waals surface area contributed by atoms with Crippen molar-refractivity contribution in [2.75, 3.05) is 25.0 Å². The van der Waals surface area contributed by atoms with E-state index in [1.165, 1.54) is 22.0 Å². The minimum atomic E-state index is -3.88. The molecule has 2 aromatic rings. The summed E-state index contributed by atoms with van der Waals surface area (Å²) < 4.78 is 33.6. The molecule has 2 aliphatic heterocycles. The molecule has 3 aliphatic rings. The quantitative estimate of drug-likeness (QED) is 0.345. The average Bonchev–Trinajstić information content (AvgIpc) is 2.97. The third-order valence-corrected chi connectivity index (χ3v) is 10.4. The molecule has 222 valence electrons. The van der Waals surface area contributed by atoms with Crippen molar-refractivity contribution in [2.24, 2.45) is 5.92 Å². The highest BCUT2D eigenvalue weighted by Gasteiger charge is 2.39. The summed E-state index contributed by atoms with van der Waals surface area (Å²) in [5, 5.41) is 15.7. The van der Waals surface area contributed by atoms with Gasteiger partial charge >= 0.3 is 5.97 Å². The highest BCUT2D eigenvalue weighted by molar-refractivity contribution is 7.89. The maximum absolute atomic E-state index is 13.2. The summed E-state index contributed by atoms with van der Waals surface area (Å²) in [4.78, 5) is 30.0. The Labute approximate surface area is 241 Å². The first-order valence-electron chi connectivity index (χ1n) is 14.8. The largest absolute Gasteiger partial charge is 0.480 e. The van der Waals surface area contributed by atoms with Crippen molar-refractivity contribution >= 4 is 27.7 Å². The second-order valence-corrected chi connectivity index (χ2v) is 13.2. The maximum atomic E-state index is 13.2. The highest BCUT2D eigenvalue weighted by atomic mass is 32.2. The molecule has 2 atom stereocenters. The van der Waals surface area contributed by atoms with Crippen molar-refractivity contribution in [1.29, 1.82) is 0 Å². The van der Waals surface area contributed by atoms with Gasteiger partial charge in [0.2, 0.25) is 15.9 Å². The molecule has 1 aromatic heterocycles. The molecule has 0 bridgehead atoms. The van der Waals surface area contributed by atoms with Crippen LogP contribution in [0.5, 0.6) is 0 Å². The molecular weight excluding hydrogens is 544 g/mol. The molecule has 0 radical (unpaired) electrons. The number of rotatable bonds is 12. The second-order valence-electron chi connectivity index (χ2n) is 11.3. The summed E-state index contributed by atoms with van der Waals surface area (Å²) in [5.41, 5.74) is 2.40. The number of carboxylic acids is 1. The van der Waals surface area contributed by atoms with Crippen LogP contribution >= 0.6 is 0 Å². The molecule has 1 saturated heterocycles. The number of aryl methyl sites for hydroxylation is 2. The maximum Gasteiger partial charge on any atom is 0.326 e. The van der Waals surface area contributed by atoms with Crippen LogP contribution in [0.15, 0.2) is 47.4 Å². The van der Waals surface area contributed by atoms with E-state index in [2.05, 4.69) is 22.8 Å². The van der Waals surface area contributed by atoms with Crippen LogP contribution in [-0.2, 0) is 37.2 Å². The molecule has 3 heterocycles. The number of aliphatic carboxylic acids is 1. The Morgan fingerprint density at radius 3 is 2.71 bits per heavy atom. The van der Waals surface area contributed by atoms with Crippen molar-refractivity contribution in [3.05, 3.63) is 53.7 Å². The Bertz CT molecular complexity index is 1320. The Morgan fingerprint density at radius 1 is 1.12 bits per heavy atom. The van der Waals surface area contributed by atoms with E-state index in [-0.39, 0.29) is 30.6 Å². The number of sulfonamides is 1. The molecule has 0 unspecified atom stereocenters. The first-order chi connectivity index (χ1) is 19.8. The van der Waals surface area contributed by atoms with E-state index in [0.29, 0.717) is 25.2 Å². The minimum Gasteiger partial charge on any atom is -0.480 e. The number of benzene rings is 1. The topological polar surface area (TPSA) is 138 Å². The zero-order valence-electron chi connectivity index (χ0n) is 23.3. The number of nitrogens with zero attached hydrogens (tertiary/aromatic N) is 2. The molecule has 41 heavy (non-hydrogen) atoms. The lowest BCUT2D eigenvalue weighted by atomic mass is 9.79. The van der Waals surface area contributed by atoms with Gasteiger partial charge in [-0.05, 0) is 81.0 Å². The Hall–Kier alpha value is -3.02. The van der Waals surface area contributed by atoms with E-state index < -0.39 is 34.0 Å². The van der Waals surface area contributed by atoms with Gasteiger partial charge in [-0.1, -0.05) is 30.7 Å². The zero-order chi connectivity index (χ0) is 28.8. The fraction of sp³-hybridized carbons (Fsp3) is 0.567. The van der Waals surface area contributed by atoms with Gasteiger partial charge in [0.25, 0.3) is 0 Å². The summed E-state index contributed by atoms with van der Waals surface area (Å²) in [5.74, 6) is -0.151. The van der Waals surface area contributed by atoms with Crippen molar-refractivity contribution in [3.8, 4) is 0 Å². The van der Waals surface area contributed by atoms with E-state index in [4.69, 9.17) is 9.72 Å². The summed E-state index contributed by atoms with van der Waals surface area (Å²) in [6.07, 6.45) is 7.97. The standard InChI is InChI=1S/C30H40N4O6S/c35-29(27-10-4-5-17-34(27)41(38,39)25-8-2-1-3-9-25)33-26(30(36)37)15-18-40-24-19-21(20-24)11-13-23-14-12-22-7-6-16-31-28(22)32-23/h1-3,8-9,12,14,21,24,26-27H,4-7,10-11,13,15-20H2,(H,31,32)(H,33,35)(H,36,37)/t21-,24+,26-,27-/m0/s1. The number of pyridine rings is 1. The number of amides is 1. The smallest absolute Gasteiger partial charge is 0.326 e. The molecule has 10 nitrogen and oxygen atoms in total. The fourth-order valence-electron chi connectivity index (χ4n) is 5.97. The van der Waals surface area contributed by atoms with Crippen LogP contribution in [0.2, 0.25) is 0 Å². The van der Waals surface area contributed by atoms with Crippen LogP contribution in [0.1, 0.15) is 62.6 Å². The molecular formula is C30H40N4O6S. The first-order valence-corrected chi connectivity index (χ1v) is 16.2. The lowest BCUT2D eigenvalue weighted by molar-refractivity contribution is -0.143. The molecule has 1 amide bonds. The van der Waals surface area contributed by atoms with Crippen LogP contribution in [0.4, 0.5) is 5.82 Å². The van der Waals surface area contributed by atoms with E-state index in [9.17, 15) is 23.1 Å². The SMILES string of the molecule is O=C(O)[C@H](CCO[C@H]1C[C@@H](CCc2ccc3c(n2)NCCC3)C1)NC(=O)[C@@H]1CCCCN1S(=O)(=O)c1ccccc1. The van der Waals surface area contributed by atoms with Gasteiger partial charge in [-0.3, -0.25) is 4.79 Å². The van der Waals surface area contributed by atoms with E-state index >= 15 is 0 Å². The van der Waals surface area contributed by atoms with Gasteiger partial charge in [0.1, 0.15) is 17.9 Å². The monoisotopic (exact) mass is 584 g/mol. The van der Waals surface area contributed by atoms with E-state index in [1.807, 2.05) is 0 Å². The summed E-state index contributed by atoms with van der Waals surface area (Å²) in [6, 6.07) is 10.2. The number of piperidine rings is 1. The van der Waals surface area contributed by atoms with Crippen LogP contribution in [0.3, 0.4) is 0 Å². The van der Waals surface area contributed by atoms with Crippen LogP contribution < -0.4 is 10.6 Å². The number of fused-ring (bicyclic) bond motifs is 1. The minimum absolute atomic E-state index is 0.0909. The molecule has 1 aromatic carbocycles. The third-order valence-electron chi connectivity index (χ3n) is 8.43. The lowest BCUT2D eigenvalue weighted by Gasteiger charge is -2.36. The van der Waals surface area contributed by atoms with Crippen molar-refractivity contribution in [2.45, 2.75) is 87.3 Å². The Morgan fingerprint density at radius 2 is 1.93 bits per heavy atom. The molecule has 0 spiro atoms. The van der Waals surface area contributed by atoms with Crippen LogP contribution in [0, 0.1) is 5.92 Å². The molecule has 1 aliphatic carbocycles. The molecule has 11 heteroatoms. The van der Waals surface area contributed by atoms with Gasteiger partial charge < -0.3 is 20.5 Å². The number of carbonyl (C=O) groups excluding carboxylic acids is 1. The second kappa shape index (κ2) is 13.3. The first kappa shape index (κ1) is 29.5. The Kier molecular flexibility index (Phi) is 9.57. The average molecular weight is 585 g/mol. The predicted molar refractivity (Wildman–Crippen MR) is 154 cm³/mol. The van der Waals surface area contributed by atoms with Crippen LogP contribution in [0.25, 0.3) is 0 Å².